The highest BCUT2D eigenvalue weighted by molar-refractivity contribution is 5.75. The summed E-state index contributed by atoms with van der Waals surface area (Å²) in [5.74, 6) is 1.26. The van der Waals surface area contributed by atoms with E-state index < -0.39 is 0 Å². The average Bonchev–Trinajstić information content (AvgIpc) is 2.99. The normalized spacial score (nSPS) is 16.3. The van der Waals surface area contributed by atoms with Crippen molar-refractivity contribution in [2.24, 2.45) is 0 Å². The number of imidazole rings is 1. The van der Waals surface area contributed by atoms with Gasteiger partial charge in [-0.05, 0) is 51.2 Å². The predicted molar refractivity (Wildman–Crippen MR) is 102 cm³/mol. The number of para-hydroxylation sites is 2. The van der Waals surface area contributed by atoms with E-state index in [1.165, 1.54) is 43.7 Å². The minimum Gasteiger partial charge on any atom is -0.327 e. The average molecular weight is 329 g/mol. The van der Waals surface area contributed by atoms with E-state index in [0.29, 0.717) is 0 Å². The summed E-state index contributed by atoms with van der Waals surface area (Å²) in [4.78, 5) is 10.0. The third-order valence-corrected chi connectivity index (χ3v) is 5.37. The van der Waals surface area contributed by atoms with Gasteiger partial charge in [-0.2, -0.15) is 0 Å². The maximum absolute atomic E-state index is 4.94. The lowest BCUT2D eigenvalue weighted by molar-refractivity contribution is 0.229. The summed E-state index contributed by atoms with van der Waals surface area (Å²) >= 11 is 0. The number of nitrogens with zero attached hydrogens (tertiary/aromatic N) is 4. The van der Waals surface area contributed by atoms with E-state index in [1.807, 2.05) is 0 Å². The number of fused-ring (bicyclic) bond motifs is 1. The fourth-order valence-electron chi connectivity index (χ4n) is 3.79. The fraction of sp³-hybridized carbons (Fsp3) is 0.650. The first-order valence-electron chi connectivity index (χ1n) is 9.70. The summed E-state index contributed by atoms with van der Waals surface area (Å²) in [7, 11) is 0. The third-order valence-electron chi connectivity index (χ3n) is 5.37. The number of piperidine rings is 1. The second kappa shape index (κ2) is 8.63. The Balaban J connectivity index is 1.73. The van der Waals surface area contributed by atoms with E-state index in [1.54, 1.807) is 0 Å². The molecule has 1 saturated heterocycles. The van der Waals surface area contributed by atoms with Gasteiger partial charge >= 0.3 is 0 Å². The zero-order chi connectivity index (χ0) is 16.8. The first-order chi connectivity index (χ1) is 11.8. The maximum Gasteiger partial charge on any atom is 0.111 e. The summed E-state index contributed by atoms with van der Waals surface area (Å²) in [6.45, 7) is 12.5. The monoisotopic (exact) mass is 328 g/mol. The van der Waals surface area contributed by atoms with Crippen LogP contribution in [-0.2, 0) is 13.0 Å². The van der Waals surface area contributed by atoms with E-state index in [2.05, 4.69) is 52.5 Å². The predicted octanol–water partition coefficient (Wildman–Crippen LogP) is 3.41. The van der Waals surface area contributed by atoms with Gasteiger partial charge in [0.15, 0.2) is 0 Å². The highest BCUT2D eigenvalue weighted by Gasteiger charge is 2.14. The van der Waals surface area contributed by atoms with Crippen LogP contribution in [0.2, 0.25) is 0 Å². The quantitative estimate of drug-likeness (QED) is 0.742. The molecular formula is C20H32N4. The molecule has 1 aliphatic heterocycles. The molecule has 2 heterocycles. The van der Waals surface area contributed by atoms with Gasteiger partial charge in [0.2, 0.25) is 0 Å². The van der Waals surface area contributed by atoms with Crippen molar-refractivity contribution in [3.05, 3.63) is 30.1 Å². The van der Waals surface area contributed by atoms with Crippen molar-refractivity contribution in [3.63, 3.8) is 0 Å². The molecule has 4 nitrogen and oxygen atoms in total. The first kappa shape index (κ1) is 17.4. The second-order valence-electron chi connectivity index (χ2n) is 6.85. The summed E-state index contributed by atoms with van der Waals surface area (Å²) < 4.78 is 2.46. The third kappa shape index (κ3) is 4.17. The Labute approximate surface area is 146 Å². The summed E-state index contributed by atoms with van der Waals surface area (Å²) in [6.07, 6.45) is 5.18. The Morgan fingerprint density at radius 3 is 2.50 bits per heavy atom. The van der Waals surface area contributed by atoms with Crippen LogP contribution in [0.5, 0.6) is 0 Å². The van der Waals surface area contributed by atoms with Crippen molar-refractivity contribution in [2.45, 2.75) is 46.1 Å². The molecule has 1 aliphatic rings. The molecule has 3 rings (SSSR count). The van der Waals surface area contributed by atoms with Gasteiger partial charge in [-0.3, -0.25) is 0 Å². The number of likely N-dealkylation sites (tertiary alicyclic amines) is 1. The van der Waals surface area contributed by atoms with Gasteiger partial charge in [-0.25, -0.2) is 4.98 Å². The molecule has 0 atom stereocenters. The van der Waals surface area contributed by atoms with Gasteiger partial charge in [-0.1, -0.05) is 32.4 Å². The number of aromatic nitrogens is 2. The molecule has 0 amide bonds. The van der Waals surface area contributed by atoms with Gasteiger partial charge in [0.05, 0.1) is 11.0 Å². The minimum absolute atomic E-state index is 1.04. The first-order valence-corrected chi connectivity index (χ1v) is 9.70. The molecule has 0 aliphatic carbocycles. The Hall–Kier alpha value is -1.39. The van der Waals surface area contributed by atoms with Crippen LogP contribution in [0, 0.1) is 0 Å². The molecule has 132 valence electrons. The van der Waals surface area contributed by atoms with Crippen molar-refractivity contribution in [1.29, 1.82) is 0 Å². The maximum atomic E-state index is 4.94. The van der Waals surface area contributed by atoms with Crippen LogP contribution in [0.3, 0.4) is 0 Å². The molecule has 0 spiro atoms. The fourth-order valence-corrected chi connectivity index (χ4v) is 3.79. The van der Waals surface area contributed by atoms with Crippen LogP contribution >= 0.6 is 0 Å². The van der Waals surface area contributed by atoms with Crippen LogP contribution in [0.15, 0.2) is 24.3 Å². The minimum atomic E-state index is 1.04. The second-order valence-corrected chi connectivity index (χ2v) is 6.85. The van der Waals surface area contributed by atoms with Gasteiger partial charge in [0.1, 0.15) is 5.82 Å². The van der Waals surface area contributed by atoms with Gasteiger partial charge in [0, 0.05) is 26.1 Å². The van der Waals surface area contributed by atoms with Crippen molar-refractivity contribution >= 4 is 11.0 Å². The topological polar surface area (TPSA) is 24.3 Å². The molecule has 0 bridgehead atoms. The lowest BCUT2D eigenvalue weighted by Gasteiger charge is -2.26. The van der Waals surface area contributed by atoms with Crippen molar-refractivity contribution < 1.29 is 0 Å². The lowest BCUT2D eigenvalue weighted by atomic mass is 10.1. The van der Waals surface area contributed by atoms with E-state index in [4.69, 9.17) is 4.98 Å². The molecule has 0 radical (unpaired) electrons. The number of hydrogen-bond acceptors (Lipinski definition) is 3. The summed E-state index contributed by atoms with van der Waals surface area (Å²) in [5.41, 5.74) is 2.43. The van der Waals surface area contributed by atoms with Crippen molar-refractivity contribution in [1.82, 2.24) is 19.4 Å². The van der Waals surface area contributed by atoms with E-state index >= 15 is 0 Å². The Kier molecular flexibility index (Phi) is 6.27. The molecule has 1 fully saturated rings. The highest BCUT2D eigenvalue weighted by atomic mass is 15.2. The molecule has 24 heavy (non-hydrogen) atoms. The van der Waals surface area contributed by atoms with Gasteiger partial charge in [-0.15, -0.1) is 0 Å². The van der Waals surface area contributed by atoms with Crippen LogP contribution in [0.25, 0.3) is 11.0 Å². The van der Waals surface area contributed by atoms with Crippen LogP contribution in [0.1, 0.15) is 38.9 Å². The SMILES string of the molecule is CCN(CC)CCn1c(CCN2CCCCC2)nc2ccccc21. The number of benzene rings is 1. The number of likely N-dealkylation sites (N-methyl/N-ethyl adjacent to an activating group) is 1. The number of hydrogen-bond donors (Lipinski definition) is 0. The largest absolute Gasteiger partial charge is 0.327 e. The molecule has 0 unspecified atom stereocenters. The van der Waals surface area contributed by atoms with E-state index in [-0.39, 0.29) is 0 Å². The zero-order valence-electron chi connectivity index (χ0n) is 15.4. The molecule has 2 aromatic rings. The van der Waals surface area contributed by atoms with E-state index in [9.17, 15) is 0 Å². The summed E-state index contributed by atoms with van der Waals surface area (Å²) in [5, 5.41) is 0. The van der Waals surface area contributed by atoms with E-state index in [0.717, 1.165) is 44.7 Å². The van der Waals surface area contributed by atoms with Gasteiger partial charge < -0.3 is 14.4 Å². The summed E-state index contributed by atoms with van der Waals surface area (Å²) in [6, 6.07) is 8.59. The van der Waals surface area contributed by atoms with Crippen LogP contribution in [-0.4, -0.2) is 58.6 Å². The Bertz CT molecular complexity index is 624. The molecule has 0 N–H and O–H groups in total. The molecular weight excluding hydrogens is 296 g/mol. The standard InChI is InChI=1S/C20H32N4/c1-3-22(4-2)16-17-24-19-11-7-6-10-18(19)21-20(24)12-15-23-13-8-5-9-14-23/h6-7,10-11H,3-5,8-9,12-17H2,1-2H3. The molecule has 0 saturated carbocycles. The Morgan fingerprint density at radius 2 is 1.75 bits per heavy atom. The number of rotatable bonds is 8. The van der Waals surface area contributed by atoms with Crippen LogP contribution < -0.4 is 0 Å². The molecule has 1 aromatic carbocycles. The van der Waals surface area contributed by atoms with Crippen molar-refractivity contribution in [2.75, 3.05) is 39.3 Å². The van der Waals surface area contributed by atoms with Gasteiger partial charge in [0.25, 0.3) is 0 Å². The van der Waals surface area contributed by atoms with Crippen LogP contribution in [0.4, 0.5) is 0 Å². The lowest BCUT2D eigenvalue weighted by Crippen LogP contribution is -2.32. The smallest absolute Gasteiger partial charge is 0.111 e. The molecule has 4 heteroatoms. The van der Waals surface area contributed by atoms with Crippen molar-refractivity contribution in [3.8, 4) is 0 Å². The molecule has 1 aromatic heterocycles. The highest BCUT2D eigenvalue weighted by Crippen LogP contribution is 2.17. The Morgan fingerprint density at radius 1 is 1.00 bits per heavy atom. The zero-order valence-corrected chi connectivity index (χ0v) is 15.4.